The minimum atomic E-state index is -0.566. The summed E-state index contributed by atoms with van der Waals surface area (Å²) in [5.41, 5.74) is 0.772. The van der Waals surface area contributed by atoms with Crippen LogP contribution in [0.3, 0.4) is 0 Å². The molecule has 160 valence electrons. The molecule has 1 aromatic carbocycles. The molecule has 1 atom stereocenters. The predicted octanol–water partition coefficient (Wildman–Crippen LogP) is 2.93. The lowest BCUT2D eigenvalue weighted by atomic mass is 10.0. The molecule has 7 nitrogen and oxygen atoms in total. The number of aryl methyl sites for hydroxylation is 1. The lowest BCUT2D eigenvalue weighted by molar-refractivity contribution is -0.136. The van der Waals surface area contributed by atoms with Crippen LogP contribution in [0.5, 0.6) is 0 Å². The van der Waals surface area contributed by atoms with Crippen molar-refractivity contribution in [3.63, 3.8) is 0 Å². The maximum Gasteiger partial charge on any atom is 0.338 e. The Hall–Kier alpha value is -2.70. The number of hydrogen-bond donors (Lipinski definition) is 0. The lowest BCUT2D eigenvalue weighted by Gasteiger charge is -2.30. The van der Waals surface area contributed by atoms with Crippen LogP contribution in [0, 0.1) is 5.92 Å². The van der Waals surface area contributed by atoms with Crippen molar-refractivity contribution in [3.05, 3.63) is 39.9 Å². The Morgan fingerprint density at radius 2 is 1.97 bits per heavy atom. The molecule has 0 saturated carbocycles. The van der Waals surface area contributed by atoms with Crippen molar-refractivity contribution in [3.8, 4) is 0 Å². The van der Waals surface area contributed by atoms with Gasteiger partial charge in [-0.1, -0.05) is 19.8 Å². The Bertz CT molecular complexity index is 1010. The third kappa shape index (κ3) is 4.40. The zero-order valence-electron chi connectivity index (χ0n) is 17.6. The van der Waals surface area contributed by atoms with Gasteiger partial charge < -0.3 is 9.64 Å². The molecule has 1 fully saturated rings. The summed E-state index contributed by atoms with van der Waals surface area (Å²) in [4.78, 5) is 44.2. The van der Waals surface area contributed by atoms with Crippen molar-refractivity contribution >= 4 is 22.8 Å². The van der Waals surface area contributed by atoms with Crippen LogP contribution in [0.25, 0.3) is 10.9 Å². The molecule has 0 spiro atoms. The molecule has 0 radical (unpaired) electrons. The van der Waals surface area contributed by atoms with Gasteiger partial charge in [0.15, 0.2) is 6.61 Å². The van der Waals surface area contributed by atoms with Gasteiger partial charge >= 0.3 is 5.97 Å². The van der Waals surface area contributed by atoms with Crippen LogP contribution < -0.4 is 5.56 Å². The normalized spacial score (nSPS) is 19.6. The van der Waals surface area contributed by atoms with E-state index in [2.05, 4.69) is 11.9 Å². The SMILES string of the molecule is C[C@@H]1CCCN(C(=O)COC(=O)c2ccc3c(=O)n4c(nc3c2)CCCCCC4)C1. The van der Waals surface area contributed by atoms with E-state index in [0.717, 1.165) is 57.3 Å². The topological polar surface area (TPSA) is 81.5 Å². The number of piperidine rings is 1. The second-order valence-corrected chi connectivity index (χ2v) is 8.54. The first-order chi connectivity index (χ1) is 14.5. The van der Waals surface area contributed by atoms with Gasteiger partial charge in [0.2, 0.25) is 0 Å². The first-order valence-electron chi connectivity index (χ1n) is 11.0. The zero-order chi connectivity index (χ0) is 21.1. The average Bonchev–Trinajstić information content (AvgIpc) is 2.73. The van der Waals surface area contributed by atoms with Crippen molar-refractivity contribution in [1.29, 1.82) is 0 Å². The Labute approximate surface area is 176 Å². The standard InChI is InChI=1S/C23H29N3O4/c1-16-7-6-11-25(14-16)21(27)15-30-23(29)17-9-10-18-19(13-17)24-20-8-4-2-3-5-12-26(20)22(18)28/h9-10,13,16H,2-8,11-12,14-15H2,1H3/t16-/m1/s1. The molecule has 4 rings (SSSR count). The number of carbonyl (C=O) groups is 2. The first-order valence-corrected chi connectivity index (χ1v) is 11.0. The third-order valence-corrected chi connectivity index (χ3v) is 6.14. The number of likely N-dealkylation sites (tertiary alicyclic amines) is 1. The molecule has 0 bridgehead atoms. The van der Waals surface area contributed by atoms with Gasteiger partial charge in [-0.15, -0.1) is 0 Å². The highest BCUT2D eigenvalue weighted by molar-refractivity contribution is 5.95. The van der Waals surface area contributed by atoms with Gasteiger partial charge in [0, 0.05) is 26.1 Å². The van der Waals surface area contributed by atoms with Gasteiger partial charge in [-0.3, -0.25) is 14.2 Å². The van der Waals surface area contributed by atoms with Gasteiger partial charge in [-0.25, -0.2) is 9.78 Å². The van der Waals surface area contributed by atoms with E-state index in [1.165, 1.54) is 0 Å². The van der Waals surface area contributed by atoms with E-state index in [0.29, 0.717) is 35.5 Å². The molecule has 2 aliphatic heterocycles. The van der Waals surface area contributed by atoms with E-state index in [9.17, 15) is 14.4 Å². The van der Waals surface area contributed by atoms with Gasteiger partial charge in [-0.05, 0) is 49.8 Å². The minimum Gasteiger partial charge on any atom is -0.452 e. The predicted molar refractivity (Wildman–Crippen MR) is 113 cm³/mol. The number of benzene rings is 1. The van der Waals surface area contributed by atoms with Crippen LogP contribution in [0.1, 0.15) is 61.6 Å². The molecule has 7 heteroatoms. The number of amides is 1. The summed E-state index contributed by atoms with van der Waals surface area (Å²) in [6.45, 7) is 3.99. The number of hydrogen-bond acceptors (Lipinski definition) is 5. The Kier molecular flexibility index (Phi) is 6.16. The second kappa shape index (κ2) is 8.98. The highest BCUT2D eigenvalue weighted by Crippen LogP contribution is 2.18. The van der Waals surface area contributed by atoms with E-state index in [4.69, 9.17) is 4.74 Å². The number of carbonyl (C=O) groups excluding carboxylic acids is 2. The summed E-state index contributed by atoms with van der Waals surface area (Å²) < 4.78 is 7.04. The zero-order valence-corrected chi connectivity index (χ0v) is 17.6. The first kappa shape index (κ1) is 20.6. The van der Waals surface area contributed by atoms with Crippen LogP contribution >= 0.6 is 0 Å². The highest BCUT2D eigenvalue weighted by Gasteiger charge is 2.22. The monoisotopic (exact) mass is 411 g/mol. The maximum atomic E-state index is 12.9. The molecule has 30 heavy (non-hydrogen) atoms. The second-order valence-electron chi connectivity index (χ2n) is 8.54. The molecule has 2 aliphatic rings. The summed E-state index contributed by atoms with van der Waals surface area (Å²) in [6.07, 6.45) is 7.14. The van der Waals surface area contributed by atoms with Crippen molar-refractivity contribution in [2.24, 2.45) is 5.92 Å². The molecular formula is C23H29N3O4. The third-order valence-electron chi connectivity index (χ3n) is 6.14. The summed E-state index contributed by atoms with van der Waals surface area (Å²) in [7, 11) is 0. The van der Waals surface area contributed by atoms with Crippen LogP contribution in [-0.2, 0) is 22.5 Å². The molecule has 1 saturated heterocycles. The number of fused-ring (bicyclic) bond motifs is 2. The number of ether oxygens (including phenoxy) is 1. The largest absolute Gasteiger partial charge is 0.452 e. The molecule has 0 N–H and O–H groups in total. The van der Waals surface area contributed by atoms with Crippen molar-refractivity contribution < 1.29 is 14.3 Å². The number of esters is 1. The summed E-state index contributed by atoms with van der Waals surface area (Å²) in [6, 6.07) is 4.82. The van der Waals surface area contributed by atoms with Crippen LogP contribution in [0.4, 0.5) is 0 Å². The average molecular weight is 412 g/mol. The van der Waals surface area contributed by atoms with Gasteiger partial charge in [0.1, 0.15) is 5.82 Å². The van der Waals surface area contributed by atoms with Gasteiger partial charge in [-0.2, -0.15) is 0 Å². The quantitative estimate of drug-likeness (QED) is 0.726. The summed E-state index contributed by atoms with van der Waals surface area (Å²) >= 11 is 0. The molecule has 1 amide bonds. The highest BCUT2D eigenvalue weighted by atomic mass is 16.5. The molecule has 0 unspecified atom stereocenters. The molecule has 2 aromatic rings. The fourth-order valence-corrected chi connectivity index (χ4v) is 4.44. The summed E-state index contributed by atoms with van der Waals surface area (Å²) in [5.74, 6) is 0.535. The fraction of sp³-hybridized carbons (Fsp3) is 0.565. The number of aromatic nitrogens is 2. The summed E-state index contributed by atoms with van der Waals surface area (Å²) in [5, 5.41) is 0.509. The van der Waals surface area contributed by atoms with Crippen molar-refractivity contribution in [1.82, 2.24) is 14.5 Å². The molecule has 0 aliphatic carbocycles. The Balaban J connectivity index is 1.50. The Morgan fingerprint density at radius 1 is 1.13 bits per heavy atom. The van der Waals surface area contributed by atoms with Gasteiger partial charge in [0.05, 0.1) is 16.5 Å². The molecule has 3 heterocycles. The van der Waals surface area contributed by atoms with E-state index in [1.807, 2.05) is 0 Å². The number of nitrogens with zero attached hydrogens (tertiary/aromatic N) is 3. The molecular weight excluding hydrogens is 382 g/mol. The van der Waals surface area contributed by atoms with E-state index in [1.54, 1.807) is 27.7 Å². The van der Waals surface area contributed by atoms with Gasteiger partial charge in [0.25, 0.3) is 11.5 Å². The van der Waals surface area contributed by atoms with Crippen LogP contribution in [0.2, 0.25) is 0 Å². The fourth-order valence-electron chi connectivity index (χ4n) is 4.44. The Morgan fingerprint density at radius 3 is 2.80 bits per heavy atom. The van der Waals surface area contributed by atoms with Crippen LogP contribution in [-0.4, -0.2) is 46.0 Å². The number of rotatable bonds is 3. The lowest BCUT2D eigenvalue weighted by Crippen LogP contribution is -2.41. The smallest absolute Gasteiger partial charge is 0.338 e. The minimum absolute atomic E-state index is 0.0498. The van der Waals surface area contributed by atoms with E-state index >= 15 is 0 Å². The van der Waals surface area contributed by atoms with Crippen LogP contribution in [0.15, 0.2) is 23.0 Å². The van der Waals surface area contributed by atoms with E-state index < -0.39 is 5.97 Å². The maximum absolute atomic E-state index is 12.9. The van der Waals surface area contributed by atoms with Crippen molar-refractivity contribution in [2.45, 2.75) is 58.4 Å². The van der Waals surface area contributed by atoms with Crippen molar-refractivity contribution in [2.75, 3.05) is 19.7 Å². The molecule has 1 aromatic heterocycles. The van der Waals surface area contributed by atoms with E-state index in [-0.39, 0.29) is 18.1 Å².